The molecule has 0 radical (unpaired) electrons. The molecule has 0 saturated heterocycles. The summed E-state index contributed by atoms with van der Waals surface area (Å²) in [6.07, 6.45) is 5.85. The predicted octanol–water partition coefficient (Wildman–Crippen LogP) is 1.92. The quantitative estimate of drug-likeness (QED) is 0.811. The van der Waals surface area contributed by atoms with Gasteiger partial charge in [-0.2, -0.15) is 0 Å². The van der Waals surface area contributed by atoms with Gasteiger partial charge in [-0.05, 0) is 24.8 Å². The Hall–Kier alpha value is -1.29. The van der Waals surface area contributed by atoms with Gasteiger partial charge >= 0.3 is 0 Å². The van der Waals surface area contributed by atoms with Gasteiger partial charge in [-0.3, -0.25) is 9.78 Å². The molecule has 2 atom stereocenters. The number of pyridine rings is 1. The van der Waals surface area contributed by atoms with Crippen molar-refractivity contribution in [3.63, 3.8) is 0 Å². The van der Waals surface area contributed by atoms with Gasteiger partial charge in [0, 0.05) is 18.1 Å². The highest BCUT2D eigenvalue weighted by molar-refractivity contribution is 6.18. The van der Waals surface area contributed by atoms with Gasteiger partial charge in [0.15, 0.2) is 0 Å². The molecule has 92 valence electrons. The van der Waals surface area contributed by atoms with Crippen LogP contribution in [0.4, 0.5) is 0 Å². The molecule has 1 fully saturated rings. The van der Waals surface area contributed by atoms with E-state index in [1.165, 1.54) is 18.5 Å². The van der Waals surface area contributed by atoms with Crippen molar-refractivity contribution in [3.05, 3.63) is 24.0 Å². The molecular formula is C12H15ClN2O2. The molecule has 0 aliphatic heterocycles. The van der Waals surface area contributed by atoms with Gasteiger partial charge in [-0.25, -0.2) is 0 Å². The minimum Gasteiger partial charge on any atom is -0.505 e. The summed E-state index contributed by atoms with van der Waals surface area (Å²) in [4.78, 5) is 15.7. The Morgan fingerprint density at radius 3 is 3.12 bits per heavy atom. The van der Waals surface area contributed by atoms with Crippen molar-refractivity contribution in [1.29, 1.82) is 0 Å². The van der Waals surface area contributed by atoms with Gasteiger partial charge in [0.25, 0.3) is 5.91 Å². The predicted molar refractivity (Wildman–Crippen MR) is 65.2 cm³/mol. The van der Waals surface area contributed by atoms with Crippen molar-refractivity contribution in [2.45, 2.75) is 25.3 Å². The van der Waals surface area contributed by atoms with Crippen LogP contribution >= 0.6 is 11.6 Å². The molecule has 2 rings (SSSR count). The topological polar surface area (TPSA) is 62.2 Å². The molecule has 1 aliphatic rings. The first-order valence-corrected chi connectivity index (χ1v) is 6.25. The van der Waals surface area contributed by atoms with Crippen LogP contribution in [0.25, 0.3) is 0 Å². The lowest BCUT2D eigenvalue weighted by Gasteiger charge is -2.19. The number of carbonyl (C=O) groups excluding carboxylic acids is 1. The number of halogens is 1. The van der Waals surface area contributed by atoms with E-state index in [4.69, 9.17) is 11.6 Å². The highest BCUT2D eigenvalue weighted by atomic mass is 35.5. The number of alkyl halides is 1. The minimum absolute atomic E-state index is 0.0922. The summed E-state index contributed by atoms with van der Waals surface area (Å²) in [7, 11) is 0. The van der Waals surface area contributed by atoms with E-state index in [0.717, 1.165) is 19.3 Å². The summed E-state index contributed by atoms with van der Waals surface area (Å²) < 4.78 is 0. The lowest BCUT2D eigenvalue weighted by atomic mass is 10.1. The van der Waals surface area contributed by atoms with Crippen LogP contribution in [-0.2, 0) is 0 Å². The van der Waals surface area contributed by atoms with Crippen LogP contribution < -0.4 is 5.32 Å². The minimum atomic E-state index is -0.257. The first-order valence-electron chi connectivity index (χ1n) is 5.72. The Balaban J connectivity index is 2.04. The average molecular weight is 255 g/mol. The number of nitrogens with zero attached hydrogens (tertiary/aromatic N) is 1. The summed E-state index contributed by atoms with van der Waals surface area (Å²) in [5.41, 5.74) is 0.264. The zero-order chi connectivity index (χ0) is 12.3. The van der Waals surface area contributed by atoms with Crippen LogP contribution in [0.1, 0.15) is 29.6 Å². The maximum absolute atomic E-state index is 11.9. The van der Waals surface area contributed by atoms with E-state index in [-0.39, 0.29) is 23.3 Å². The van der Waals surface area contributed by atoms with Crippen LogP contribution in [0, 0.1) is 5.92 Å². The van der Waals surface area contributed by atoms with Gasteiger partial charge in [0.05, 0.1) is 11.8 Å². The fourth-order valence-corrected chi connectivity index (χ4v) is 2.61. The van der Waals surface area contributed by atoms with E-state index in [9.17, 15) is 9.90 Å². The van der Waals surface area contributed by atoms with Crippen molar-refractivity contribution >= 4 is 17.5 Å². The van der Waals surface area contributed by atoms with E-state index in [1.807, 2.05) is 0 Å². The molecule has 5 heteroatoms. The molecule has 1 amide bonds. The number of amides is 1. The molecule has 1 saturated carbocycles. The molecule has 4 nitrogen and oxygen atoms in total. The van der Waals surface area contributed by atoms with Crippen LogP contribution in [0.2, 0.25) is 0 Å². The normalized spacial score (nSPS) is 23.6. The molecule has 2 N–H and O–H groups in total. The lowest BCUT2D eigenvalue weighted by molar-refractivity contribution is 0.0927. The molecule has 17 heavy (non-hydrogen) atoms. The molecule has 1 aromatic rings. The summed E-state index contributed by atoms with van der Waals surface area (Å²) in [6, 6.07) is 1.63. The van der Waals surface area contributed by atoms with Crippen molar-refractivity contribution in [2.24, 2.45) is 5.92 Å². The fraction of sp³-hybridized carbons (Fsp3) is 0.500. The number of hydrogen-bond acceptors (Lipinski definition) is 3. The van der Waals surface area contributed by atoms with Gasteiger partial charge in [0.2, 0.25) is 0 Å². The summed E-state index contributed by atoms with van der Waals surface area (Å²) in [6.45, 7) is 0. The Morgan fingerprint density at radius 2 is 2.41 bits per heavy atom. The highest BCUT2D eigenvalue weighted by Crippen LogP contribution is 2.27. The van der Waals surface area contributed by atoms with Crippen LogP contribution in [0.15, 0.2) is 18.5 Å². The molecule has 2 unspecified atom stereocenters. The Morgan fingerprint density at radius 1 is 1.59 bits per heavy atom. The second kappa shape index (κ2) is 5.36. The van der Waals surface area contributed by atoms with Crippen molar-refractivity contribution in [2.75, 3.05) is 5.88 Å². The number of aromatic nitrogens is 1. The molecule has 1 aliphatic carbocycles. The molecule has 1 heterocycles. The first-order chi connectivity index (χ1) is 8.22. The molecular weight excluding hydrogens is 240 g/mol. The zero-order valence-corrected chi connectivity index (χ0v) is 10.2. The zero-order valence-electron chi connectivity index (χ0n) is 9.40. The number of carbonyl (C=O) groups is 1. The standard InChI is InChI=1S/C12H15ClN2O2/c13-6-8-2-1-3-10(8)15-12(17)9-4-5-14-7-11(9)16/h4-5,7-8,10,16H,1-3,6H2,(H,15,17). The fourth-order valence-electron chi connectivity index (χ4n) is 2.24. The van der Waals surface area contributed by atoms with Crippen LogP contribution in [-0.4, -0.2) is 27.9 Å². The summed E-state index contributed by atoms with van der Waals surface area (Å²) >= 11 is 5.85. The van der Waals surface area contributed by atoms with Gasteiger partial charge in [-0.1, -0.05) is 6.42 Å². The van der Waals surface area contributed by atoms with Crippen LogP contribution in [0.3, 0.4) is 0 Å². The van der Waals surface area contributed by atoms with Crippen molar-refractivity contribution < 1.29 is 9.90 Å². The summed E-state index contributed by atoms with van der Waals surface area (Å²) in [5, 5.41) is 12.5. The smallest absolute Gasteiger partial charge is 0.255 e. The van der Waals surface area contributed by atoms with Crippen molar-refractivity contribution in [1.82, 2.24) is 10.3 Å². The number of nitrogens with one attached hydrogen (secondary N) is 1. The maximum atomic E-state index is 11.9. The third kappa shape index (κ3) is 2.69. The molecule has 0 aromatic carbocycles. The largest absolute Gasteiger partial charge is 0.505 e. The highest BCUT2D eigenvalue weighted by Gasteiger charge is 2.28. The van der Waals surface area contributed by atoms with E-state index in [2.05, 4.69) is 10.3 Å². The maximum Gasteiger partial charge on any atom is 0.255 e. The van der Waals surface area contributed by atoms with Gasteiger partial charge < -0.3 is 10.4 Å². The number of hydrogen-bond donors (Lipinski definition) is 2. The molecule has 0 bridgehead atoms. The molecule has 0 spiro atoms. The Bertz CT molecular complexity index is 411. The van der Waals surface area contributed by atoms with E-state index in [1.54, 1.807) is 0 Å². The Kier molecular flexibility index (Phi) is 3.84. The second-order valence-corrected chi connectivity index (χ2v) is 4.63. The number of rotatable bonds is 3. The van der Waals surface area contributed by atoms with Gasteiger partial charge in [-0.15, -0.1) is 11.6 Å². The average Bonchev–Trinajstić information content (AvgIpc) is 2.76. The van der Waals surface area contributed by atoms with Crippen LogP contribution in [0.5, 0.6) is 5.75 Å². The first kappa shape index (κ1) is 12.2. The SMILES string of the molecule is O=C(NC1CCCC1CCl)c1ccncc1O. The molecule has 1 aromatic heterocycles. The van der Waals surface area contributed by atoms with Crippen molar-refractivity contribution in [3.8, 4) is 5.75 Å². The van der Waals surface area contributed by atoms with Gasteiger partial charge in [0.1, 0.15) is 5.75 Å². The van der Waals surface area contributed by atoms with E-state index in [0.29, 0.717) is 11.8 Å². The summed E-state index contributed by atoms with van der Waals surface area (Å²) in [5.74, 6) is 0.551. The van der Waals surface area contributed by atoms with E-state index >= 15 is 0 Å². The number of aromatic hydroxyl groups is 1. The second-order valence-electron chi connectivity index (χ2n) is 4.32. The third-order valence-electron chi connectivity index (χ3n) is 3.22. The Labute approximate surface area is 105 Å². The van der Waals surface area contributed by atoms with E-state index < -0.39 is 0 Å². The third-order valence-corrected chi connectivity index (χ3v) is 3.61. The lowest BCUT2D eigenvalue weighted by Crippen LogP contribution is -2.37. The monoisotopic (exact) mass is 254 g/mol.